The van der Waals surface area contributed by atoms with E-state index in [0.717, 1.165) is 44.5 Å². The Balaban J connectivity index is 1.70. The lowest BCUT2D eigenvalue weighted by Crippen LogP contribution is -2.50. The zero-order valence-electron chi connectivity index (χ0n) is 23.1. The van der Waals surface area contributed by atoms with Crippen molar-refractivity contribution in [3.63, 3.8) is 0 Å². The van der Waals surface area contributed by atoms with Crippen molar-refractivity contribution in [1.82, 2.24) is 4.90 Å². The van der Waals surface area contributed by atoms with Gasteiger partial charge in [0.05, 0.1) is 12.7 Å². The molecule has 0 N–H and O–H groups in total. The molecule has 36 heavy (non-hydrogen) atoms. The minimum absolute atomic E-state index is 0.0153. The van der Waals surface area contributed by atoms with E-state index in [9.17, 15) is 9.18 Å². The number of rotatable bonds is 11. The van der Waals surface area contributed by atoms with Gasteiger partial charge in [-0.25, -0.2) is 4.39 Å². The Labute approximate surface area is 218 Å². The number of methoxy groups -OCH3 is 1. The molecule has 4 nitrogen and oxygen atoms in total. The molecule has 2 aromatic carbocycles. The third-order valence-corrected chi connectivity index (χ3v) is 14.0. The van der Waals surface area contributed by atoms with E-state index in [1.165, 1.54) is 12.1 Å². The van der Waals surface area contributed by atoms with E-state index in [1.807, 2.05) is 30.3 Å². The zero-order valence-corrected chi connectivity index (χ0v) is 24.1. The van der Waals surface area contributed by atoms with Crippen LogP contribution in [0.15, 0.2) is 42.5 Å². The quantitative estimate of drug-likeness (QED) is 0.230. The van der Waals surface area contributed by atoms with Crippen molar-refractivity contribution < 1.29 is 18.3 Å². The molecular formula is C30H44FNO3Si. The van der Waals surface area contributed by atoms with Crippen LogP contribution < -0.4 is 9.16 Å². The van der Waals surface area contributed by atoms with Gasteiger partial charge in [-0.2, -0.15) is 0 Å². The fraction of sp³-hybridized carbons (Fsp3) is 0.567. The van der Waals surface area contributed by atoms with Gasteiger partial charge in [0.15, 0.2) is 11.5 Å². The summed E-state index contributed by atoms with van der Waals surface area (Å²) in [6.07, 6.45) is 2.55. The highest BCUT2D eigenvalue weighted by atomic mass is 28.4. The van der Waals surface area contributed by atoms with Crippen LogP contribution in [0.5, 0.6) is 11.5 Å². The average molecular weight is 514 g/mol. The first-order chi connectivity index (χ1) is 17.1. The maximum atomic E-state index is 13.6. The summed E-state index contributed by atoms with van der Waals surface area (Å²) in [4.78, 5) is 16.0. The van der Waals surface area contributed by atoms with E-state index in [-0.39, 0.29) is 17.5 Å². The summed E-state index contributed by atoms with van der Waals surface area (Å²) in [5, 5.41) is 0. The normalized spacial score (nSPS) is 15.6. The third-order valence-electron chi connectivity index (χ3n) is 8.03. The molecule has 0 spiro atoms. The number of carbonyl (C=O) groups excluding carboxylic acids is 1. The lowest BCUT2D eigenvalue weighted by Gasteiger charge is -2.42. The number of likely N-dealkylation sites (tertiary alicyclic amines) is 1. The van der Waals surface area contributed by atoms with Crippen molar-refractivity contribution in [2.24, 2.45) is 5.92 Å². The van der Waals surface area contributed by atoms with E-state index >= 15 is 0 Å². The first-order valence-corrected chi connectivity index (χ1v) is 15.6. The third kappa shape index (κ3) is 6.20. The van der Waals surface area contributed by atoms with Gasteiger partial charge in [-0.1, -0.05) is 59.7 Å². The van der Waals surface area contributed by atoms with Gasteiger partial charge >= 0.3 is 0 Å². The van der Waals surface area contributed by atoms with E-state index in [4.69, 9.17) is 9.16 Å². The summed E-state index contributed by atoms with van der Waals surface area (Å²) in [7, 11) is -0.542. The smallest absolute Gasteiger partial charge is 0.258 e. The van der Waals surface area contributed by atoms with Gasteiger partial charge in [-0.15, -0.1) is 0 Å². The monoisotopic (exact) mass is 513 g/mol. The standard InChI is InChI=1S/C30H44FNO3Si/c1-21(2)36(22(3)4,23(5)6)35-28-10-8-9-27(30(28)34-7)29(33)25-16-19-32(20-17-25)18-15-24-11-13-26(31)14-12-24/h8-14,21-23,25H,15-20H2,1-7H3. The molecule has 0 aromatic heterocycles. The van der Waals surface area contributed by atoms with Gasteiger partial charge in [-0.3, -0.25) is 4.79 Å². The molecule has 1 saturated heterocycles. The van der Waals surface area contributed by atoms with Crippen LogP contribution in [0.3, 0.4) is 0 Å². The van der Waals surface area contributed by atoms with Crippen LogP contribution in [-0.2, 0) is 6.42 Å². The molecular weight excluding hydrogens is 469 g/mol. The fourth-order valence-corrected chi connectivity index (χ4v) is 11.4. The summed E-state index contributed by atoms with van der Waals surface area (Å²) >= 11 is 0. The largest absolute Gasteiger partial charge is 0.540 e. The number of ketones is 1. The number of benzene rings is 2. The Morgan fingerprint density at radius 1 is 0.972 bits per heavy atom. The number of nitrogens with zero attached hydrogens (tertiary/aromatic N) is 1. The van der Waals surface area contributed by atoms with E-state index in [2.05, 4.69) is 46.4 Å². The Bertz CT molecular complexity index is 976. The number of piperidine rings is 1. The molecule has 3 rings (SSSR count). The average Bonchev–Trinajstić information content (AvgIpc) is 2.85. The van der Waals surface area contributed by atoms with Crippen LogP contribution in [0.25, 0.3) is 0 Å². The van der Waals surface area contributed by atoms with Crippen molar-refractivity contribution in [2.75, 3.05) is 26.7 Å². The van der Waals surface area contributed by atoms with Gasteiger partial charge in [0.25, 0.3) is 8.32 Å². The molecule has 0 bridgehead atoms. The number of para-hydroxylation sites is 1. The van der Waals surface area contributed by atoms with Crippen LogP contribution in [0.1, 0.15) is 70.3 Å². The highest BCUT2D eigenvalue weighted by Gasteiger charge is 2.47. The van der Waals surface area contributed by atoms with Crippen LogP contribution >= 0.6 is 0 Å². The molecule has 0 amide bonds. The van der Waals surface area contributed by atoms with Gasteiger partial charge in [0.1, 0.15) is 11.6 Å². The maximum Gasteiger partial charge on any atom is 0.258 e. The van der Waals surface area contributed by atoms with Crippen molar-refractivity contribution >= 4 is 14.1 Å². The minimum atomic E-state index is -2.18. The molecule has 0 saturated carbocycles. The Morgan fingerprint density at radius 2 is 1.56 bits per heavy atom. The Kier molecular flexibility index (Phi) is 9.76. The molecule has 0 aliphatic carbocycles. The van der Waals surface area contributed by atoms with E-state index in [0.29, 0.717) is 33.7 Å². The molecule has 0 atom stereocenters. The molecule has 6 heteroatoms. The van der Waals surface area contributed by atoms with Gasteiger partial charge < -0.3 is 14.1 Å². The molecule has 1 aliphatic heterocycles. The maximum absolute atomic E-state index is 13.6. The highest BCUT2D eigenvalue weighted by molar-refractivity contribution is 6.78. The highest BCUT2D eigenvalue weighted by Crippen LogP contribution is 2.45. The van der Waals surface area contributed by atoms with Gasteiger partial charge in [-0.05, 0) is 78.8 Å². The van der Waals surface area contributed by atoms with E-state index in [1.54, 1.807) is 7.11 Å². The second-order valence-corrected chi connectivity index (χ2v) is 16.5. The molecule has 198 valence electrons. The summed E-state index contributed by atoms with van der Waals surface area (Å²) in [6, 6.07) is 12.5. The molecule has 1 aliphatic rings. The SMILES string of the molecule is COc1c(O[Si](C(C)C)(C(C)C)C(C)C)cccc1C(=O)C1CCN(CCc2ccc(F)cc2)CC1. The minimum Gasteiger partial charge on any atom is -0.540 e. The van der Waals surface area contributed by atoms with Crippen molar-refractivity contribution in [3.8, 4) is 11.5 Å². The lowest BCUT2D eigenvalue weighted by atomic mass is 9.88. The molecule has 2 aromatic rings. The zero-order chi connectivity index (χ0) is 26.5. The van der Waals surface area contributed by atoms with Gasteiger partial charge in [0, 0.05) is 12.5 Å². The molecule has 1 fully saturated rings. The van der Waals surface area contributed by atoms with Crippen LogP contribution in [-0.4, -0.2) is 45.7 Å². The number of halogens is 1. The Morgan fingerprint density at radius 3 is 2.08 bits per heavy atom. The predicted molar refractivity (Wildman–Crippen MR) is 148 cm³/mol. The summed E-state index contributed by atoms with van der Waals surface area (Å²) < 4.78 is 25.9. The van der Waals surface area contributed by atoms with Crippen LogP contribution in [0.2, 0.25) is 16.6 Å². The fourth-order valence-electron chi connectivity index (χ4n) is 6.12. The summed E-state index contributed by atoms with van der Waals surface area (Å²) in [5.41, 5.74) is 3.07. The topological polar surface area (TPSA) is 38.8 Å². The second kappa shape index (κ2) is 12.4. The van der Waals surface area contributed by atoms with Crippen molar-refractivity contribution in [3.05, 3.63) is 59.4 Å². The first-order valence-electron chi connectivity index (χ1n) is 13.5. The predicted octanol–water partition coefficient (Wildman–Crippen LogP) is 7.53. The summed E-state index contributed by atoms with van der Waals surface area (Å²) in [5.74, 6) is 1.23. The number of hydrogen-bond donors (Lipinski definition) is 0. The van der Waals surface area contributed by atoms with Crippen LogP contribution in [0.4, 0.5) is 4.39 Å². The van der Waals surface area contributed by atoms with Crippen LogP contribution in [0, 0.1) is 11.7 Å². The number of carbonyl (C=O) groups is 1. The lowest BCUT2D eigenvalue weighted by molar-refractivity contribution is 0.0837. The Hall–Kier alpha value is -2.18. The molecule has 1 heterocycles. The van der Waals surface area contributed by atoms with E-state index < -0.39 is 8.32 Å². The van der Waals surface area contributed by atoms with Gasteiger partial charge in [0.2, 0.25) is 0 Å². The summed E-state index contributed by atoms with van der Waals surface area (Å²) in [6.45, 7) is 16.3. The van der Waals surface area contributed by atoms with Crippen molar-refractivity contribution in [1.29, 1.82) is 0 Å². The number of Topliss-reactive ketones (excluding diaryl/α,β-unsaturated/α-hetero) is 1. The molecule has 0 radical (unpaired) electrons. The number of ether oxygens (including phenoxy) is 1. The second-order valence-electron chi connectivity index (χ2n) is 11.1. The number of hydrogen-bond acceptors (Lipinski definition) is 4. The first kappa shape index (κ1) is 28.4. The molecule has 0 unspecified atom stereocenters. The van der Waals surface area contributed by atoms with Crippen molar-refractivity contribution in [2.45, 2.75) is 77.4 Å².